The zero-order chi connectivity index (χ0) is 17.7. The van der Waals surface area contributed by atoms with E-state index in [-0.39, 0.29) is 10.6 Å². The molecular formula is C15H11ClN2O5S. The number of nitro groups is 1. The number of non-ortho nitro benzene ring substituents is 1. The van der Waals surface area contributed by atoms with Crippen molar-refractivity contribution in [1.29, 1.82) is 0 Å². The number of nitrogens with zero attached hydrogens (tertiary/aromatic N) is 1. The van der Waals surface area contributed by atoms with Crippen LogP contribution in [0.2, 0.25) is 5.02 Å². The Labute approximate surface area is 142 Å². The van der Waals surface area contributed by atoms with Crippen LogP contribution in [0.25, 0.3) is 6.08 Å². The van der Waals surface area contributed by atoms with Gasteiger partial charge in [0.15, 0.2) is 0 Å². The first-order valence-corrected chi connectivity index (χ1v) is 8.39. The van der Waals surface area contributed by atoms with Crippen LogP contribution in [-0.4, -0.2) is 19.2 Å². The second-order valence-electron chi connectivity index (χ2n) is 4.61. The Morgan fingerprint density at radius 2 is 1.67 bits per heavy atom. The highest BCUT2D eigenvalue weighted by Gasteiger charge is 2.15. The molecule has 2 aromatic rings. The topological polar surface area (TPSA) is 106 Å². The van der Waals surface area contributed by atoms with E-state index >= 15 is 0 Å². The van der Waals surface area contributed by atoms with Gasteiger partial charge in [-0.15, -0.1) is 0 Å². The van der Waals surface area contributed by atoms with Crippen molar-refractivity contribution in [1.82, 2.24) is 4.72 Å². The van der Waals surface area contributed by atoms with Crippen molar-refractivity contribution in [2.45, 2.75) is 4.90 Å². The normalized spacial score (nSPS) is 11.4. The molecule has 0 aliphatic rings. The van der Waals surface area contributed by atoms with Gasteiger partial charge < -0.3 is 0 Å². The van der Waals surface area contributed by atoms with Gasteiger partial charge in [0.25, 0.3) is 21.6 Å². The van der Waals surface area contributed by atoms with Crippen molar-refractivity contribution in [3.63, 3.8) is 0 Å². The minimum absolute atomic E-state index is 0.0816. The third-order valence-electron chi connectivity index (χ3n) is 2.89. The first-order valence-electron chi connectivity index (χ1n) is 6.53. The Hall–Kier alpha value is -2.71. The molecule has 124 valence electrons. The molecule has 0 atom stereocenters. The average molecular weight is 367 g/mol. The van der Waals surface area contributed by atoms with E-state index in [2.05, 4.69) is 0 Å². The van der Waals surface area contributed by atoms with Gasteiger partial charge in [-0.05, 0) is 48.0 Å². The van der Waals surface area contributed by atoms with Crippen molar-refractivity contribution in [2.75, 3.05) is 0 Å². The molecule has 0 radical (unpaired) electrons. The molecule has 0 saturated heterocycles. The zero-order valence-electron chi connectivity index (χ0n) is 12.0. The smallest absolute Gasteiger partial charge is 0.269 e. The molecule has 0 unspecified atom stereocenters. The fourth-order valence-corrected chi connectivity index (χ4v) is 2.79. The number of rotatable bonds is 5. The number of hydrogen-bond donors (Lipinski definition) is 1. The number of sulfonamides is 1. The SMILES string of the molecule is O=C(/C=C/c1ccc([N+](=O)[O-])cc1)NS(=O)(=O)c1ccc(Cl)cc1. The lowest BCUT2D eigenvalue weighted by Gasteiger charge is -2.04. The summed E-state index contributed by atoms with van der Waals surface area (Å²) in [4.78, 5) is 21.6. The van der Waals surface area contributed by atoms with Crippen LogP contribution in [0.3, 0.4) is 0 Å². The summed E-state index contributed by atoms with van der Waals surface area (Å²) in [6.45, 7) is 0. The molecule has 0 aliphatic carbocycles. The van der Waals surface area contributed by atoms with Crippen LogP contribution in [0, 0.1) is 10.1 Å². The highest BCUT2D eigenvalue weighted by atomic mass is 35.5. The molecule has 0 bridgehead atoms. The van der Waals surface area contributed by atoms with Gasteiger partial charge in [0.2, 0.25) is 0 Å². The monoisotopic (exact) mass is 366 g/mol. The van der Waals surface area contributed by atoms with Gasteiger partial charge in [0.05, 0.1) is 9.82 Å². The van der Waals surface area contributed by atoms with Crippen LogP contribution in [0.5, 0.6) is 0 Å². The van der Waals surface area contributed by atoms with Crippen LogP contribution >= 0.6 is 11.6 Å². The summed E-state index contributed by atoms with van der Waals surface area (Å²) >= 11 is 5.68. The maximum atomic E-state index is 12.0. The van der Waals surface area contributed by atoms with E-state index in [0.29, 0.717) is 10.6 Å². The molecule has 24 heavy (non-hydrogen) atoms. The Kier molecular flexibility index (Phi) is 5.32. The highest BCUT2D eigenvalue weighted by Crippen LogP contribution is 2.14. The summed E-state index contributed by atoms with van der Waals surface area (Å²) in [7, 11) is -4.00. The molecule has 0 aromatic heterocycles. The maximum absolute atomic E-state index is 12.0. The van der Waals surface area contributed by atoms with Gasteiger partial charge in [-0.3, -0.25) is 14.9 Å². The lowest BCUT2D eigenvalue weighted by atomic mass is 10.2. The first-order chi connectivity index (χ1) is 11.3. The van der Waals surface area contributed by atoms with Crippen LogP contribution < -0.4 is 4.72 Å². The van der Waals surface area contributed by atoms with Gasteiger partial charge in [0, 0.05) is 23.2 Å². The summed E-state index contributed by atoms with van der Waals surface area (Å²) in [5.41, 5.74) is 0.432. The second kappa shape index (κ2) is 7.24. The van der Waals surface area contributed by atoms with Gasteiger partial charge in [-0.1, -0.05) is 11.6 Å². The van der Waals surface area contributed by atoms with Crippen molar-refractivity contribution < 1.29 is 18.1 Å². The van der Waals surface area contributed by atoms with E-state index in [1.807, 2.05) is 4.72 Å². The molecule has 2 rings (SSSR count). The lowest BCUT2D eigenvalue weighted by Crippen LogP contribution is -2.28. The van der Waals surface area contributed by atoms with E-state index in [9.17, 15) is 23.3 Å². The third-order valence-corrected chi connectivity index (χ3v) is 4.50. The number of nitrogens with one attached hydrogen (secondary N) is 1. The number of amides is 1. The fourth-order valence-electron chi connectivity index (χ4n) is 1.72. The predicted octanol–water partition coefficient (Wildman–Crippen LogP) is 2.77. The largest absolute Gasteiger partial charge is 0.269 e. The predicted molar refractivity (Wildman–Crippen MR) is 88.9 cm³/mol. The lowest BCUT2D eigenvalue weighted by molar-refractivity contribution is -0.384. The Morgan fingerprint density at radius 1 is 1.08 bits per heavy atom. The van der Waals surface area contributed by atoms with Crippen LogP contribution in [0.15, 0.2) is 59.5 Å². The van der Waals surface area contributed by atoms with Crippen LogP contribution in [0.1, 0.15) is 5.56 Å². The van der Waals surface area contributed by atoms with Crippen LogP contribution in [-0.2, 0) is 14.8 Å². The van der Waals surface area contributed by atoms with Crippen LogP contribution in [0.4, 0.5) is 5.69 Å². The minimum atomic E-state index is -4.00. The van der Waals surface area contributed by atoms with Crippen molar-refractivity contribution in [3.05, 3.63) is 75.3 Å². The van der Waals surface area contributed by atoms with Gasteiger partial charge in [-0.25, -0.2) is 13.1 Å². The number of carbonyl (C=O) groups is 1. The number of benzene rings is 2. The summed E-state index contributed by atoms with van der Waals surface area (Å²) < 4.78 is 25.9. The molecule has 0 fully saturated rings. The van der Waals surface area contributed by atoms with E-state index in [4.69, 9.17) is 11.6 Å². The Bertz CT molecular complexity index is 890. The number of nitro benzene ring substituents is 1. The molecular weight excluding hydrogens is 356 g/mol. The molecule has 0 heterocycles. The molecule has 7 nitrogen and oxygen atoms in total. The number of halogens is 1. The summed E-state index contributed by atoms with van der Waals surface area (Å²) in [6, 6.07) is 10.8. The number of hydrogen-bond acceptors (Lipinski definition) is 5. The standard InChI is InChI=1S/C15H11ClN2O5S/c16-12-4-8-14(9-5-12)24(22,23)17-15(19)10-3-11-1-6-13(7-2-11)18(20)21/h1-10H,(H,17,19)/b10-3+. The van der Waals surface area contributed by atoms with Gasteiger partial charge >= 0.3 is 0 Å². The molecule has 9 heteroatoms. The van der Waals surface area contributed by atoms with E-state index in [0.717, 1.165) is 6.08 Å². The zero-order valence-corrected chi connectivity index (χ0v) is 13.6. The fraction of sp³-hybridized carbons (Fsp3) is 0. The Balaban J connectivity index is 2.06. The molecule has 2 aromatic carbocycles. The van der Waals surface area contributed by atoms with Gasteiger partial charge in [-0.2, -0.15) is 0 Å². The van der Waals surface area contributed by atoms with Gasteiger partial charge in [0.1, 0.15) is 0 Å². The molecule has 0 saturated carbocycles. The Morgan fingerprint density at radius 3 is 2.21 bits per heavy atom. The maximum Gasteiger partial charge on any atom is 0.269 e. The summed E-state index contributed by atoms with van der Waals surface area (Å²) in [6.07, 6.45) is 2.37. The molecule has 1 amide bonds. The van der Waals surface area contributed by atoms with Crippen molar-refractivity contribution in [3.8, 4) is 0 Å². The van der Waals surface area contributed by atoms with E-state index < -0.39 is 20.9 Å². The quantitative estimate of drug-likeness (QED) is 0.497. The third kappa shape index (κ3) is 4.64. The molecule has 0 aliphatic heterocycles. The molecule has 0 spiro atoms. The second-order valence-corrected chi connectivity index (χ2v) is 6.72. The highest BCUT2D eigenvalue weighted by molar-refractivity contribution is 7.90. The van der Waals surface area contributed by atoms with Crippen molar-refractivity contribution in [2.24, 2.45) is 0 Å². The minimum Gasteiger partial charge on any atom is -0.269 e. The molecule has 1 N–H and O–H groups in total. The van der Waals surface area contributed by atoms with E-state index in [1.165, 1.54) is 54.6 Å². The summed E-state index contributed by atoms with van der Waals surface area (Å²) in [5, 5.41) is 10.9. The number of carbonyl (C=O) groups excluding carboxylic acids is 1. The summed E-state index contributed by atoms with van der Waals surface area (Å²) in [5.74, 6) is -0.844. The average Bonchev–Trinajstić information content (AvgIpc) is 2.53. The first kappa shape index (κ1) is 17.6. The van der Waals surface area contributed by atoms with E-state index in [1.54, 1.807) is 0 Å². The van der Waals surface area contributed by atoms with Crippen molar-refractivity contribution >= 4 is 39.3 Å².